The topological polar surface area (TPSA) is 50.7 Å². The zero-order chi connectivity index (χ0) is 15.9. The highest BCUT2D eigenvalue weighted by Gasteiger charge is 2.02. The van der Waals surface area contributed by atoms with Crippen molar-refractivity contribution < 1.29 is 9.53 Å². The van der Waals surface area contributed by atoms with Gasteiger partial charge >= 0.3 is 0 Å². The van der Waals surface area contributed by atoms with Crippen LogP contribution in [0.25, 0.3) is 0 Å². The van der Waals surface area contributed by atoms with E-state index in [4.69, 9.17) is 4.74 Å². The van der Waals surface area contributed by atoms with Gasteiger partial charge in [-0.1, -0.05) is 35.9 Å². The number of rotatable bonds is 5. The Morgan fingerprint density at radius 3 is 2.50 bits per heavy atom. The van der Waals surface area contributed by atoms with Crippen molar-refractivity contribution in [2.24, 2.45) is 5.10 Å². The maximum atomic E-state index is 11.7. The van der Waals surface area contributed by atoms with Crippen LogP contribution in [0.3, 0.4) is 0 Å². The number of nitrogens with zero attached hydrogens (tertiary/aromatic N) is 1. The number of hydrogen-bond donors (Lipinski definition) is 1. The van der Waals surface area contributed by atoms with Gasteiger partial charge in [-0.05, 0) is 49.6 Å². The van der Waals surface area contributed by atoms with E-state index in [0.717, 1.165) is 22.3 Å². The molecule has 0 aromatic heterocycles. The van der Waals surface area contributed by atoms with Gasteiger partial charge in [-0.2, -0.15) is 5.10 Å². The van der Waals surface area contributed by atoms with E-state index < -0.39 is 0 Å². The highest BCUT2D eigenvalue weighted by molar-refractivity contribution is 5.83. The van der Waals surface area contributed by atoms with Crippen LogP contribution in [0.4, 0.5) is 0 Å². The summed E-state index contributed by atoms with van der Waals surface area (Å²) in [5.74, 6) is 0.401. The van der Waals surface area contributed by atoms with E-state index in [0.29, 0.717) is 5.75 Å². The average molecular weight is 296 g/mol. The minimum absolute atomic E-state index is 0.0615. The molecule has 0 saturated heterocycles. The fourth-order valence-corrected chi connectivity index (χ4v) is 2.13. The van der Waals surface area contributed by atoms with Crippen LogP contribution < -0.4 is 10.2 Å². The minimum Gasteiger partial charge on any atom is -0.484 e. The first-order valence-electron chi connectivity index (χ1n) is 7.12. The van der Waals surface area contributed by atoms with Crippen molar-refractivity contribution in [2.45, 2.75) is 20.8 Å². The van der Waals surface area contributed by atoms with Crippen molar-refractivity contribution >= 4 is 12.1 Å². The molecule has 1 N–H and O–H groups in total. The van der Waals surface area contributed by atoms with Crippen molar-refractivity contribution in [3.05, 3.63) is 64.7 Å². The lowest BCUT2D eigenvalue weighted by molar-refractivity contribution is -0.123. The van der Waals surface area contributed by atoms with E-state index in [1.165, 1.54) is 0 Å². The summed E-state index contributed by atoms with van der Waals surface area (Å²) < 4.78 is 5.47. The Morgan fingerprint density at radius 2 is 1.82 bits per heavy atom. The van der Waals surface area contributed by atoms with E-state index in [9.17, 15) is 4.79 Å². The van der Waals surface area contributed by atoms with E-state index in [2.05, 4.69) is 16.6 Å². The number of carbonyl (C=O) groups excluding carboxylic acids is 1. The molecule has 0 aliphatic rings. The van der Waals surface area contributed by atoms with Crippen molar-refractivity contribution in [1.29, 1.82) is 0 Å². The molecule has 2 aromatic rings. The van der Waals surface area contributed by atoms with Gasteiger partial charge in [-0.3, -0.25) is 4.79 Å². The number of benzene rings is 2. The molecule has 4 nitrogen and oxygen atoms in total. The predicted octanol–water partition coefficient (Wildman–Crippen LogP) is 3.14. The van der Waals surface area contributed by atoms with Crippen LogP contribution in [-0.2, 0) is 4.79 Å². The Morgan fingerprint density at radius 1 is 1.09 bits per heavy atom. The van der Waals surface area contributed by atoms with Gasteiger partial charge in [-0.15, -0.1) is 0 Å². The summed E-state index contributed by atoms with van der Waals surface area (Å²) in [6, 6.07) is 13.7. The van der Waals surface area contributed by atoms with Gasteiger partial charge in [0.25, 0.3) is 5.91 Å². The normalized spacial score (nSPS) is 10.7. The molecule has 0 atom stereocenters. The third-order valence-electron chi connectivity index (χ3n) is 3.01. The molecular formula is C18H20N2O2. The molecule has 0 aliphatic carbocycles. The molecule has 0 aliphatic heterocycles. The average Bonchev–Trinajstić information content (AvgIpc) is 2.44. The summed E-state index contributed by atoms with van der Waals surface area (Å²) >= 11 is 0. The Kier molecular flexibility index (Phi) is 5.31. The van der Waals surface area contributed by atoms with Crippen molar-refractivity contribution in [3.63, 3.8) is 0 Å². The molecule has 2 aromatic carbocycles. The summed E-state index contributed by atoms with van der Waals surface area (Å²) in [5, 5.41) is 3.93. The maximum Gasteiger partial charge on any atom is 0.277 e. The fraction of sp³-hybridized carbons (Fsp3) is 0.222. The molecule has 0 unspecified atom stereocenters. The summed E-state index contributed by atoms with van der Waals surface area (Å²) in [5.41, 5.74) is 6.75. The summed E-state index contributed by atoms with van der Waals surface area (Å²) in [6.07, 6.45) is 1.61. The van der Waals surface area contributed by atoms with E-state index in [1.807, 2.05) is 57.2 Å². The lowest BCUT2D eigenvalue weighted by Gasteiger charge is -2.07. The van der Waals surface area contributed by atoms with Gasteiger partial charge in [0.15, 0.2) is 6.61 Å². The number of nitrogens with one attached hydrogen (secondary N) is 1. The second-order valence-corrected chi connectivity index (χ2v) is 5.32. The Bertz CT molecular complexity index is 673. The molecule has 0 radical (unpaired) electrons. The quantitative estimate of drug-likeness (QED) is 0.680. The number of amides is 1. The second kappa shape index (κ2) is 7.41. The first-order valence-corrected chi connectivity index (χ1v) is 7.12. The first kappa shape index (κ1) is 15.8. The molecule has 0 fully saturated rings. The number of hydrogen-bond acceptors (Lipinski definition) is 3. The molecular weight excluding hydrogens is 276 g/mol. The van der Waals surface area contributed by atoms with Crippen LogP contribution >= 0.6 is 0 Å². The van der Waals surface area contributed by atoms with Crippen LogP contribution in [0.2, 0.25) is 0 Å². The lowest BCUT2D eigenvalue weighted by Crippen LogP contribution is -2.24. The van der Waals surface area contributed by atoms with Gasteiger partial charge in [0.05, 0.1) is 6.21 Å². The van der Waals surface area contributed by atoms with E-state index in [-0.39, 0.29) is 12.5 Å². The third kappa shape index (κ3) is 5.05. The van der Waals surface area contributed by atoms with E-state index in [1.54, 1.807) is 6.21 Å². The SMILES string of the molecule is Cc1cccc(/C=N/NC(=O)COc2cc(C)cc(C)c2)c1. The zero-order valence-electron chi connectivity index (χ0n) is 13.1. The molecule has 114 valence electrons. The second-order valence-electron chi connectivity index (χ2n) is 5.32. The maximum absolute atomic E-state index is 11.7. The molecule has 2 rings (SSSR count). The zero-order valence-corrected chi connectivity index (χ0v) is 13.1. The highest BCUT2D eigenvalue weighted by Crippen LogP contribution is 2.15. The third-order valence-corrected chi connectivity index (χ3v) is 3.01. The number of ether oxygens (including phenoxy) is 1. The number of aryl methyl sites for hydroxylation is 3. The molecule has 0 saturated carbocycles. The van der Waals surface area contributed by atoms with Crippen molar-refractivity contribution in [2.75, 3.05) is 6.61 Å². The standard InChI is InChI=1S/C18H20N2O2/c1-13-5-4-6-16(8-13)11-19-20-18(21)12-22-17-9-14(2)7-15(3)10-17/h4-11H,12H2,1-3H3,(H,20,21)/b19-11+. The van der Waals surface area contributed by atoms with Crippen molar-refractivity contribution in [1.82, 2.24) is 5.43 Å². The van der Waals surface area contributed by atoms with E-state index >= 15 is 0 Å². The van der Waals surface area contributed by atoms with Crippen LogP contribution in [0.15, 0.2) is 47.6 Å². The molecule has 22 heavy (non-hydrogen) atoms. The number of carbonyl (C=O) groups is 1. The molecule has 0 spiro atoms. The van der Waals surface area contributed by atoms with Crippen LogP contribution in [-0.4, -0.2) is 18.7 Å². The van der Waals surface area contributed by atoms with Gasteiger partial charge < -0.3 is 4.74 Å². The molecule has 0 bridgehead atoms. The molecule has 1 amide bonds. The predicted molar refractivity (Wildman–Crippen MR) is 88.3 cm³/mol. The van der Waals surface area contributed by atoms with Crippen LogP contribution in [0, 0.1) is 20.8 Å². The van der Waals surface area contributed by atoms with Crippen LogP contribution in [0.5, 0.6) is 5.75 Å². The Hall–Kier alpha value is -2.62. The minimum atomic E-state index is -0.289. The molecule has 0 heterocycles. The Balaban J connectivity index is 1.83. The van der Waals surface area contributed by atoms with Gasteiger partial charge in [0.1, 0.15) is 5.75 Å². The summed E-state index contributed by atoms with van der Waals surface area (Å²) in [7, 11) is 0. The van der Waals surface area contributed by atoms with Crippen LogP contribution in [0.1, 0.15) is 22.3 Å². The first-order chi connectivity index (χ1) is 10.5. The lowest BCUT2D eigenvalue weighted by atomic mass is 10.1. The smallest absolute Gasteiger partial charge is 0.277 e. The van der Waals surface area contributed by atoms with Gasteiger partial charge in [0, 0.05) is 0 Å². The monoisotopic (exact) mass is 296 g/mol. The summed E-state index contributed by atoms with van der Waals surface area (Å²) in [4.78, 5) is 11.7. The number of hydrazone groups is 1. The molecule has 4 heteroatoms. The van der Waals surface area contributed by atoms with Gasteiger partial charge in [-0.25, -0.2) is 5.43 Å². The summed E-state index contributed by atoms with van der Waals surface area (Å²) in [6.45, 7) is 5.93. The van der Waals surface area contributed by atoms with Crippen molar-refractivity contribution in [3.8, 4) is 5.75 Å². The van der Waals surface area contributed by atoms with Gasteiger partial charge in [0.2, 0.25) is 0 Å². The highest BCUT2D eigenvalue weighted by atomic mass is 16.5. The fourth-order valence-electron chi connectivity index (χ4n) is 2.13. The Labute approximate surface area is 130 Å². The largest absolute Gasteiger partial charge is 0.484 e.